The number of fused-ring (bicyclic) bond motifs is 1. The number of carbonyl (C=O) groups is 1. The second-order valence-corrected chi connectivity index (χ2v) is 10.5. The highest BCUT2D eigenvalue weighted by molar-refractivity contribution is 5.83. The molecule has 0 radical (unpaired) electrons. The van der Waals surface area contributed by atoms with Crippen LogP contribution < -0.4 is 4.74 Å². The zero-order chi connectivity index (χ0) is 22.6. The van der Waals surface area contributed by atoms with E-state index in [0.29, 0.717) is 31.0 Å². The van der Waals surface area contributed by atoms with E-state index >= 15 is 0 Å². The number of phenols is 1. The Labute approximate surface area is 195 Å². The first kappa shape index (κ1) is 21.2. The van der Waals surface area contributed by atoms with E-state index in [4.69, 9.17) is 9.47 Å². The minimum absolute atomic E-state index is 0.152. The van der Waals surface area contributed by atoms with E-state index in [-0.39, 0.29) is 11.8 Å². The van der Waals surface area contributed by atoms with Crippen LogP contribution in [-0.2, 0) is 28.0 Å². The van der Waals surface area contributed by atoms with Crippen molar-refractivity contribution < 1.29 is 19.4 Å². The molecule has 0 spiro atoms. The van der Waals surface area contributed by atoms with Gasteiger partial charge >= 0.3 is 0 Å². The van der Waals surface area contributed by atoms with Crippen LogP contribution in [-0.4, -0.2) is 47.6 Å². The predicted molar refractivity (Wildman–Crippen MR) is 126 cm³/mol. The molecule has 1 saturated heterocycles. The Morgan fingerprint density at radius 1 is 1.12 bits per heavy atom. The Morgan fingerprint density at radius 3 is 2.70 bits per heavy atom. The number of hydrogen-bond donors (Lipinski definition) is 1. The molecule has 5 heteroatoms. The van der Waals surface area contributed by atoms with Crippen molar-refractivity contribution in [2.24, 2.45) is 5.92 Å². The SMILES string of the molecule is COc1c(O)ccc2c1[C@@]13CCN(CC4CC4)[C@@H](C2)[C@]1(OCc1ccccc1)CCC(=O)C3. The number of phenolic OH excluding ortho intramolecular Hbond substituents is 1. The summed E-state index contributed by atoms with van der Waals surface area (Å²) in [7, 11) is 1.62. The molecule has 1 aliphatic heterocycles. The van der Waals surface area contributed by atoms with Gasteiger partial charge in [0.05, 0.1) is 19.3 Å². The van der Waals surface area contributed by atoms with Crippen LogP contribution in [0.25, 0.3) is 0 Å². The van der Waals surface area contributed by atoms with Crippen molar-refractivity contribution in [2.45, 2.75) is 68.6 Å². The molecular formula is C28H33NO4. The summed E-state index contributed by atoms with van der Waals surface area (Å²) in [5, 5.41) is 10.7. The number of ketones is 1. The summed E-state index contributed by atoms with van der Waals surface area (Å²) in [5.41, 5.74) is 2.42. The highest BCUT2D eigenvalue weighted by Crippen LogP contribution is 2.62. The normalized spacial score (nSPS) is 31.1. The van der Waals surface area contributed by atoms with Crippen LogP contribution in [0.3, 0.4) is 0 Å². The molecule has 3 fully saturated rings. The van der Waals surface area contributed by atoms with Crippen molar-refractivity contribution >= 4 is 5.78 Å². The molecule has 3 aliphatic carbocycles. The Bertz CT molecular complexity index is 1070. The molecule has 3 atom stereocenters. The fourth-order valence-electron chi connectivity index (χ4n) is 7.09. The minimum Gasteiger partial charge on any atom is -0.504 e. The Kier molecular flexibility index (Phi) is 5.04. The highest BCUT2D eigenvalue weighted by atomic mass is 16.5. The summed E-state index contributed by atoms with van der Waals surface area (Å²) in [4.78, 5) is 15.7. The van der Waals surface area contributed by atoms with Crippen LogP contribution in [0.5, 0.6) is 11.5 Å². The van der Waals surface area contributed by atoms with Gasteiger partial charge in [0.2, 0.25) is 0 Å². The Hall–Kier alpha value is -2.37. The van der Waals surface area contributed by atoms with Crippen LogP contribution in [0, 0.1) is 5.92 Å². The van der Waals surface area contributed by atoms with Gasteiger partial charge in [-0.3, -0.25) is 9.69 Å². The second kappa shape index (κ2) is 7.85. The van der Waals surface area contributed by atoms with Gasteiger partial charge in [0.15, 0.2) is 11.5 Å². The molecule has 33 heavy (non-hydrogen) atoms. The van der Waals surface area contributed by atoms with Gasteiger partial charge in [-0.1, -0.05) is 36.4 Å². The fraction of sp³-hybridized carbons (Fsp3) is 0.536. The lowest BCUT2D eigenvalue weighted by Crippen LogP contribution is -2.74. The largest absolute Gasteiger partial charge is 0.504 e. The number of rotatable bonds is 6. The second-order valence-electron chi connectivity index (χ2n) is 10.5. The molecule has 2 aromatic carbocycles. The van der Waals surface area contributed by atoms with Crippen molar-refractivity contribution in [1.82, 2.24) is 4.90 Å². The molecule has 0 aromatic heterocycles. The third kappa shape index (κ3) is 3.23. The van der Waals surface area contributed by atoms with E-state index in [1.165, 1.54) is 18.4 Å². The van der Waals surface area contributed by atoms with Crippen molar-refractivity contribution in [1.29, 1.82) is 0 Å². The van der Waals surface area contributed by atoms with Gasteiger partial charge in [-0.2, -0.15) is 0 Å². The maximum absolute atomic E-state index is 13.0. The number of aromatic hydroxyl groups is 1. The number of hydrogen-bond acceptors (Lipinski definition) is 5. The topological polar surface area (TPSA) is 59.0 Å². The first-order valence-corrected chi connectivity index (χ1v) is 12.4. The minimum atomic E-state index is -0.474. The van der Waals surface area contributed by atoms with Crippen LogP contribution in [0.1, 0.15) is 55.2 Å². The van der Waals surface area contributed by atoms with Gasteiger partial charge in [0.1, 0.15) is 5.78 Å². The maximum Gasteiger partial charge on any atom is 0.164 e. The molecule has 1 heterocycles. The van der Waals surface area contributed by atoms with Gasteiger partial charge in [0, 0.05) is 36.4 Å². The lowest BCUT2D eigenvalue weighted by molar-refractivity contribution is -0.206. The molecule has 4 aliphatic rings. The van der Waals surface area contributed by atoms with Gasteiger partial charge in [0.25, 0.3) is 0 Å². The number of Topliss-reactive ketones (excluding diaryl/α,β-unsaturated/α-hetero) is 1. The molecule has 5 nitrogen and oxygen atoms in total. The van der Waals surface area contributed by atoms with E-state index in [2.05, 4.69) is 17.0 Å². The molecular weight excluding hydrogens is 414 g/mol. The van der Waals surface area contributed by atoms with Crippen LogP contribution in [0.2, 0.25) is 0 Å². The van der Waals surface area contributed by atoms with Crippen LogP contribution in [0.15, 0.2) is 42.5 Å². The van der Waals surface area contributed by atoms with Gasteiger partial charge in [-0.25, -0.2) is 0 Å². The molecule has 174 valence electrons. The smallest absolute Gasteiger partial charge is 0.164 e. The van der Waals surface area contributed by atoms with Crippen LogP contribution in [0.4, 0.5) is 0 Å². The first-order chi connectivity index (χ1) is 16.1. The van der Waals surface area contributed by atoms with Crippen LogP contribution >= 0.6 is 0 Å². The summed E-state index contributed by atoms with van der Waals surface area (Å²) in [6.45, 7) is 2.61. The van der Waals surface area contributed by atoms with Gasteiger partial charge in [-0.15, -0.1) is 0 Å². The Morgan fingerprint density at radius 2 is 1.94 bits per heavy atom. The summed E-state index contributed by atoms with van der Waals surface area (Å²) >= 11 is 0. The maximum atomic E-state index is 13.0. The number of methoxy groups -OCH3 is 1. The number of likely N-dealkylation sites (tertiary alicyclic amines) is 1. The van der Waals surface area contributed by atoms with E-state index < -0.39 is 11.0 Å². The average Bonchev–Trinajstić information content (AvgIpc) is 3.65. The van der Waals surface area contributed by atoms with E-state index in [0.717, 1.165) is 49.4 Å². The standard InChI is InChI=1S/C28H33NO4/c1-32-26-23(31)10-9-21-15-24-28(33-18-20-5-3-2-4-6-20)12-11-22(30)16-27(28,25(21)26)13-14-29(24)17-19-7-8-19/h2-6,9-10,19,24,31H,7-8,11-18H2,1H3/t24-,27-,28+/m0/s1. The summed E-state index contributed by atoms with van der Waals surface area (Å²) < 4.78 is 12.9. The number of ether oxygens (including phenoxy) is 2. The fourth-order valence-corrected chi connectivity index (χ4v) is 7.09. The van der Waals surface area contributed by atoms with E-state index in [1.54, 1.807) is 13.2 Å². The van der Waals surface area contributed by atoms with Crippen molar-refractivity contribution in [3.8, 4) is 11.5 Å². The number of piperidine rings is 1. The lowest BCUT2D eigenvalue weighted by atomic mass is 9.49. The molecule has 2 bridgehead atoms. The van der Waals surface area contributed by atoms with Crippen molar-refractivity contribution in [3.63, 3.8) is 0 Å². The van der Waals surface area contributed by atoms with Gasteiger partial charge < -0.3 is 14.6 Å². The molecule has 6 rings (SSSR count). The summed E-state index contributed by atoms with van der Waals surface area (Å²) in [6.07, 6.45) is 6.10. The monoisotopic (exact) mass is 447 g/mol. The summed E-state index contributed by atoms with van der Waals surface area (Å²) in [6, 6.07) is 14.4. The third-order valence-electron chi connectivity index (χ3n) is 8.74. The molecule has 1 N–H and O–H groups in total. The number of carbonyl (C=O) groups excluding carboxylic acids is 1. The molecule has 2 saturated carbocycles. The lowest BCUT2D eigenvalue weighted by Gasteiger charge is -2.65. The molecule has 2 aromatic rings. The Balaban J connectivity index is 1.51. The van der Waals surface area contributed by atoms with Crippen molar-refractivity contribution in [2.75, 3.05) is 20.2 Å². The van der Waals surface area contributed by atoms with E-state index in [1.807, 2.05) is 24.3 Å². The quantitative estimate of drug-likeness (QED) is 0.712. The number of nitrogens with zero attached hydrogens (tertiary/aromatic N) is 1. The summed E-state index contributed by atoms with van der Waals surface area (Å²) in [5.74, 6) is 1.77. The third-order valence-corrected chi connectivity index (χ3v) is 8.74. The number of benzene rings is 2. The zero-order valence-electron chi connectivity index (χ0n) is 19.4. The molecule has 0 unspecified atom stereocenters. The van der Waals surface area contributed by atoms with Gasteiger partial charge in [-0.05, 0) is 61.8 Å². The molecule has 0 amide bonds. The first-order valence-electron chi connectivity index (χ1n) is 12.4. The van der Waals surface area contributed by atoms with E-state index in [9.17, 15) is 9.90 Å². The average molecular weight is 448 g/mol. The van der Waals surface area contributed by atoms with Crippen molar-refractivity contribution in [3.05, 3.63) is 59.2 Å². The predicted octanol–water partition coefficient (Wildman–Crippen LogP) is 4.39. The highest BCUT2D eigenvalue weighted by Gasteiger charge is 2.67. The zero-order valence-corrected chi connectivity index (χ0v) is 19.4.